The van der Waals surface area contributed by atoms with Crippen molar-refractivity contribution >= 4 is 15.7 Å². The van der Waals surface area contributed by atoms with E-state index in [0.29, 0.717) is 0 Å². The number of nitrogens with zero attached hydrogens (tertiary/aromatic N) is 3. The highest BCUT2D eigenvalue weighted by Crippen LogP contribution is 2.16. The molecule has 0 saturated heterocycles. The van der Waals surface area contributed by atoms with Gasteiger partial charge in [-0.3, -0.25) is 9.82 Å². The molecule has 2 heterocycles. The third-order valence-electron chi connectivity index (χ3n) is 1.92. The first-order valence-electron chi connectivity index (χ1n) is 4.50. The molecule has 2 aromatic heterocycles. The number of sulfonamides is 1. The highest BCUT2D eigenvalue weighted by Gasteiger charge is 2.19. The lowest BCUT2D eigenvalue weighted by molar-refractivity contribution is 0.600. The van der Waals surface area contributed by atoms with Gasteiger partial charge in [-0.15, -0.1) is 0 Å². The number of hydrogen-bond acceptors (Lipinski definition) is 5. The standard InChI is InChI=1S/C9H7N5O2S/c10-4-8-9(2-1-3-11-8)17(15,16)14-7-5-12-13-6-7/h1-3,5-6,14H,(H,12,13). The molecule has 0 aliphatic carbocycles. The number of anilines is 1. The number of aromatic nitrogens is 3. The van der Waals surface area contributed by atoms with Crippen LogP contribution in [-0.4, -0.2) is 23.6 Å². The molecule has 2 N–H and O–H groups in total. The molecule has 0 spiro atoms. The summed E-state index contributed by atoms with van der Waals surface area (Å²) in [6.45, 7) is 0. The first-order valence-corrected chi connectivity index (χ1v) is 5.98. The third kappa shape index (κ3) is 2.24. The van der Waals surface area contributed by atoms with Crippen LogP contribution in [0.4, 0.5) is 5.69 Å². The van der Waals surface area contributed by atoms with E-state index in [4.69, 9.17) is 5.26 Å². The van der Waals surface area contributed by atoms with E-state index < -0.39 is 10.0 Å². The average Bonchev–Trinajstić information content (AvgIpc) is 2.81. The first kappa shape index (κ1) is 11.1. The zero-order valence-electron chi connectivity index (χ0n) is 8.45. The van der Waals surface area contributed by atoms with Gasteiger partial charge in [0.05, 0.1) is 11.9 Å². The zero-order chi connectivity index (χ0) is 12.3. The Morgan fingerprint density at radius 2 is 2.29 bits per heavy atom. The van der Waals surface area contributed by atoms with Crippen molar-refractivity contribution in [3.63, 3.8) is 0 Å². The van der Waals surface area contributed by atoms with E-state index in [-0.39, 0.29) is 16.3 Å². The number of hydrogen-bond donors (Lipinski definition) is 2. The number of rotatable bonds is 3. The lowest BCUT2D eigenvalue weighted by Crippen LogP contribution is -2.14. The predicted molar refractivity (Wildman–Crippen MR) is 58.3 cm³/mol. The van der Waals surface area contributed by atoms with Crippen molar-refractivity contribution in [3.05, 3.63) is 36.4 Å². The molecule has 0 bridgehead atoms. The van der Waals surface area contributed by atoms with Gasteiger partial charge in [0.25, 0.3) is 10.0 Å². The van der Waals surface area contributed by atoms with Crippen LogP contribution in [0.25, 0.3) is 0 Å². The van der Waals surface area contributed by atoms with Gasteiger partial charge in [-0.05, 0) is 12.1 Å². The summed E-state index contributed by atoms with van der Waals surface area (Å²) in [6, 6.07) is 4.49. The summed E-state index contributed by atoms with van der Waals surface area (Å²) in [6.07, 6.45) is 4.06. The number of aromatic amines is 1. The SMILES string of the molecule is N#Cc1ncccc1S(=O)(=O)Nc1cn[nH]c1. The van der Waals surface area contributed by atoms with Gasteiger partial charge in [0.1, 0.15) is 11.0 Å². The molecule has 2 rings (SSSR count). The molecule has 0 aromatic carbocycles. The lowest BCUT2D eigenvalue weighted by atomic mass is 10.4. The van der Waals surface area contributed by atoms with E-state index >= 15 is 0 Å². The number of nitrogens with one attached hydrogen (secondary N) is 2. The normalized spacial score (nSPS) is 10.8. The summed E-state index contributed by atoms with van der Waals surface area (Å²) >= 11 is 0. The van der Waals surface area contributed by atoms with Gasteiger partial charge in [0, 0.05) is 12.4 Å². The topological polar surface area (TPSA) is 112 Å². The lowest BCUT2D eigenvalue weighted by Gasteiger charge is -2.05. The van der Waals surface area contributed by atoms with Crippen LogP contribution in [-0.2, 0) is 10.0 Å². The molecule has 0 unspecified atom stereocenters. The molecule has 0 saturated carbocycles. The molecule has 17 heavy (non-hydrogen) atoms. The Hall–Kier alpha value is -2.40. The van der Waals surface area contributed by atoms with Crippen LogP contribution < -0.4 is 4.72 Å². The molecule has 2 aromatic rings. The number of pyridine rings is 1. The number of nitriles is 1. The molecular weight excluding hydrogens is 242 g/mol. The van der Waals surface area contributed by atoms with Crippen molar-refractivity contribution in [1.82, 2.24) is 15.2 Å². The van der Waals surface area contributed by atoms with E-state index in [9.17, 15) is 8.42 Å². The van der Waals surface area contributed by atoms with Gasteiger partial charge in [0.15, 0.2) is 5.69 Å². The summed E-state index contributed by atoms with van der Waals surface area (Å²) < 4.78 is 26.1. The molecule has 0 amide bonds. The fourth-order valence-electron chi connectivity index (χ4n) is 1.21. The van der Waals surface area contributed by atoms with E-state index in [0.717, 1.165) is 0 Å². The minimum Gasteiger partial charge on any atom is -0.284 e. The molecule has 7 nitrogen and oxygen atoms in total. The van der Waals surface area contributed by atoms with Gasteiger partial charge in [-0.1, -0.05) is 0 Å². The van der Waals surface area contributed by atoms with Gasteiger partial charge >= 0.3 is 0 Å². The quantitative estimate of drug-likeness (QED) is 0.821. The summed E-state index contributed by atoms with van der Waals surface area (Å²) in [5, 5.41) is 14.9. The second-order valence-corrected chi connectivity index (χ2v) is 4.71. The van der Waals surface area contributed by atoms with Gasteiger partial charge in [-0.25, -0.2) is 13.4 Å². The number of H-pyrrole nitrogens is 1. The monoisotopic (exact) mass is 249 g/mol. The molecule has 0 atom stereocenters. The second-order valence-electron chi connectivity index (χ2n) is 3.05. The minimum atomic E-state index is -3.82. The van der Waals surface area contributed by atoms with Crippen molar-refractivity contribution in [2.24, 2.45) is 0 Å². The summed E-state index contributed by atoms with van der Waals surface area (Å²) in [5.74, 6) is 0. The Morgan fingerprint density at radius 3 is 2.94 bits per heavy atom. The van der Waals surface area contributed by atoms with Crippen molar-refractivity contribution in [2.75, 3.05) is 4.72 Å². The summed E-state index contributed by atoms with van der Waals surface area (Å²) in [4.78, 5) is 3.53. The van der Waals surface area contributed by atoms with Gasteiger partial charge in [-0.2, -0.15) is 10.4 Å². The van der Waals surface area contributed by atoms with Crippen LogP contribution in [0.15, 0.2) is 35.6 Å². The minimum absolute atomic E-state index is 0.150. The van der Waals surface area contributed by atoms with Crippen LogP contribution in [0.2, 0.25) is 0 Å². The zero-order valence-corrected chi connectivity index (χ0v) is 9.27. The molecule has 0 fully saturated rings. The smallest absolute Gasteiger partial charge is 0.264 e. The van der Waals surface area contributed by atoms with Crippen LogP contribution >= 0.6 is 0 Å². The van der Waals surface area contributed by atoms with Crippen LogP contribution in [0.3, 0.4) is 0 Å². The van der Waals surface area contributed by atoms with Crippen LogP contribution in [0.5, 0.6) is 0 Å². The third-order valence-corrected chi connectivity index (χ3v) is 3.33. The van der Waals surface area contributed by atoms with Crippen molar-refractivity contribution in [3.8, 4) is 6.07 Å². The Morgan fingerprint density at radius 1 is 1.47 bits per heavy atom. The van der Waals surface area contributed by atoms with Gasteiger partial charge < -0.3 is 0 Å². The van der Waals surface area contributed by atoms with E-state index in [1.54, 1.807) is 6.07 Å². The highest BCUT2D eigenvalue weighted by atomic mass is 32.2. The highest BCUT2D eigenvalue weighted by molar-refractivity contribution is 7.92. The maximum Gasteiger partial charge on any atom is 0.264 e. The second kappa shape index (κ2) is 4.23. The Bertz CT molecular complexity index is 657. The van der Waals surface area contributed by atoms with E-state index in [1.807, 2.05) is 0 Å². The molecule has 86 valence electrons. The molecule has 0 aliphatic rings. The van der Waals surface area contributed by atoms with E-state index in [2.05, 4.69) is 19.9 Å². The predicted octanol–water partition coefficient (Wildman–Crippen LogP) is 0.477. The first-order chi connectivity index (χ1) is 8.13. The molecular formula is C9H7N5O2S. The van der Waals surface area contributed by atoms with Crippen LogP contribution in [0, 0.1) is 11.3 Å². The van der Waals surface area contributed by atoms with Gasteiger partial charge in [0.2, 0.25) is 0 Å². The summed E-state index contributed by atoms with van der Waals surface area (Å²) in [5.41, 5.74) is 0.140. The van der Waals surface area contributed by atoms with Crippen molar-refractivity contribution < 1.29 is 8.42 Å². The van der Waals surface area contributed by atoms with Crippen molar-refractivity contribution in [2.45, 2.75) is 4.90 Å². The Balaban J connectivity index is 2.42. The molecule has 0 radical (unpaired) electrons. The Kier molecular flexibility index (Phi) is 2.76. The fraction of sp³-hybridized carbons (Fsp3) is 0. The maximum absolute atomic E-state index is 11.9. The maximum atomic E-state index is 11.9. The molecule has 0 aliphatic heterocycles. The summed E-state index contributed by atoms with van der Waals surface area (Å²) in [7, 11) is -3.82. The largest absolute Gasteiger partial charge is 0.284 e. The van der Waals surface area contributed by atoms with Crippen molar-refractivity contribution in [1.29, 1.82) is 5.26 Å². The Labute approximate surface area is 97.2 Å². The molecule has 8 heteroatoms. The van der Waals surface area contributed by atoms with E-state index in [1.165, 1.54) is 30.7 Å². The fourth-order valence-corrected chi connectivity index (χ4v) is 2.35. The van der Waals surface area contributed by atoms with Crippen LogP contribution in [0.1, 0.15) is 5.69 Å². The average molecular weight is 249 g/mol.